The fourth-order valence-electron chi connectivity index (χ4n) is 1.82. The highest BCUT2D eigenvalue weighted by Crippen LogP contribution is 2.20. The molecule has 0 fully saturated rings. The molecule has 2 amide bonds. The molecule has 0 saturated carbocycles. The van der Waals surface area contributed by atoms with E-state index < -0.39 is 17.4 Å². The fraction of sp³-hybridized carbons (Fsp3) is 0.417. The van der Waals surface area contributed by atoms with Gasteiger partial charge in [-0.1, -0.05) is 17.3 Å². The van der Waals surface area contributed by atoms with Crippen molar-refractivity contribution in [2.75, 3.05) is 11.9 Å². The summed E-state index contributed by atoms with van der Waals surface area (Å²) >= 11 is 0. The van der Waals surface area contributed by atoms with Crippen LogP contribution in [0.5, 0.6) is 0 Å². The van der Waals surface area contributed by atoms with Gasteiger partial charge in [-0.15, -0.1) is 0 Å². The van der Waals surface area contributed by atoms with Crippen LogP contribution in [0.1, 0.15) is 19.3 Å². The summed E-state index contributed by atoms with van der Waals surface area (Å²) in [7, 11) is 0. The molecule has 1 aliphatic rings. The molecule has 1 atom stereocenters. The molecular weight excluding hydrogens is 250 g/mol. The lowest BCUT2D eigenvalue weighted by molar-refractivity contribution is -0.136. The van der Waals surface area contributed by atoms with Crippen LogP contribution < -0.4 is 10.6 Å². The number of allylic oxidation sites excluding steroid dienone is 1. The molecule has 1 aromatic rings. The lowest BCUT2D eigenvalue weighted by atomic mass is 9.91. The Bertz CT molecular complexity index is 483. The number of amides is 2. The SMILES string of the molecule is O=C(NCC1(O)C=CCCC1)C(=O)Nc1ccon1. The minimum Gasteiger partial charge on any atom is -0.384 e. The molecule has 0 aliphatic heterocycles. The number of nitrogens with one attached hydrogen (secondary N) is 2. The summed E-state index contributed by atoms with van der Waals surface area (Å²) in [5.41, 5.74) is -1.07. The van der Waals surface area contributed by atoms with E-state index in [4.69, 9.17) is 0 Å². The van der Waals surface area contributed by atoms with E-state index in [0.717, 1.165) is 12.8 Å². The summed E-state index contributed by atoms with van der Waals surface area (Å²) in [4.78, 5) is 23.0. The van der Waals surface area contributed by atoms with Crippen LogP contribution in [0, 0.1) is 0 Å². The Labute approximate surface area is 109 Å². The van der Waals surface area contributed by atoms with Crippen molar-refractivity contribution >= 4 is 17.6 Å². The molecule has 0 aromatic carbocycles. The van der Waals surface area contributed by atoms with Crippen molar-refractivity contribution in [3.8, 4) is 0 Å². The molecule has 0 bridgehead atoms. The minimum atomic E-state index is -1.07. The van der Waals surface area contributed by atoms with Crippen LogP contribution in [-0.4, -0.2) is 34.2 Å². The first-order chi connectivity index (χ1) is 9.09. The average Bonchev–Trinajstić information content (AvgIpc) is 2.90. The second-order valence-electron chi connectivity index (χ2n) is 4.42. The van der Waals surface area contributed by atoms with Crippen molar-refractivity contribution in [1.29, 1.82) is 0 Å². The van der Waals surface area contributed by atoms with Crippen molar-refractivity contribution in [2.24, 2.45) is 0 Å². The summed E-state index contributed by atoms with van der Waals surface area (Å²) in [6.45, 7) is 0.00850. The normalized spacial score (nSPS) is 21.9. The maximum atomic E-state index is 11.5. The van der Waals surface area contributed by atoms with Crippen LogP contribution in [0.3, 0.4) is 0 Å². The molecule has 7 heteroatoms. The van der Waals surface area contributed by atoms with Crippen molar-refractivity contribution < 1.29 is 19.2 Å². The lowest BCUT2D eigenvalue weighted by Gasteiger charge is -2.27. The van der Waals surface area contributed by atoms with Crippen LogP contribution in [-0.2, 0) is 9.59 Å². The Morgan fingerprint density at radius 2 is 2.32 bits per heavy atom. The summed E-state index contributed by atoms with van der Waals surface area (Å²) in [5.74, 6) is -1.51. The molecule has 0 spiro atoms. The van der Waals surface area contributed by atoms with E-state index >= 15 is 0 Å². The van der Waals surface area contributed by atoms with E-state index in [1.54, 1.807) is 6.08 Å². The van der Waals surface area contributed by atoms with Crippen LogP contribution in [0.4, 0.5) is 5.82 Å². The van der Waals surface area contributed by atoms with Crippen LogP contribution in [0.25, 0.3) is 0 Å². The summed E-state index contributed by atoms with van der Waals surface area (Å²) in [5, 5.41) is 18.2. The molecule has 7 nitrogen and oxygen atoms in total. The van der Waals surface area contributed by atoms with Gasteiger partial charge in [-0.25, -0.2) is 0 Å². The number of rotatable bonds is 3. The van der Waals surface area contributed by atoms with E-state index in [0.29, 0.717) is 6.42 Å². The zero-order valence-electron chi connectivity index (χ0n) is 10.3. The smallest absolute Gasteiger partial charge is 0.314 e. The Kier molecular flexibility index (Phi) is 3.96. The molecule has 1 unspecified atom stereocenters. The van der Waals surface area contributed by atoms with Crippen molar-refractivity contribution in [3.63, 3.8) is 0 Å². The molecule has 0 radical (unpaired) electrons. The van der Waals surface area contributed by atoms with Crippen LogP contribution >= 0.6 is 0 Å². The molecule has 1 heterocycles. The third-order valence-electron chi connectivity index (χ3n) is 2.85. The van der Waals surface area contributed by atoms with E-state index in [2.05, 4.69) is 20.3 Å². The Morgan fingerprint density at radius 1 is 1.47 bits per heavy atom. The Balaban J connectivity index is 1.82. The Hall–Kier alpha value is -2.15. The third-order valence-corrected chi connectivity index (χ3v) is 2.85. The summed E-state index contributed by atoms with van der Waals surface area (Å²) in [6, 6.07) is 1.42. The first-order valence-electron chi connectivity index (χ1n) is 5.99. The standard InChI is InChI=1S/C12H15N3O4/c16-10(11(17)14-9-4-7-19-15-9)13-8-12(18)5-2-1-3-6-12/h2,4-5,7,18H,1,3,6,8H2,(H,13,16)(H,14,15,17). The average molecular weight is 265 g/mol. The highest BCUT2D eigenvalue weighted by Gasteiger charge is 2.27. The van der Waals surface area contributed by atoms with E-state index in [1.807, 2.05) is 6.08 Å². The first kappa shape index (κ1) is 13.3. The van der Waals surface area contributed by atoms with Gasteiger partial charge in [0.05, 0.1) is 6.54 Å². The quantitative estimate of drug-likeness (QED) is 0.535. The maximum absolute atomic E-state index is 11.5. The molecule has 0 saturated heterocycles. The number of hydrogen-bond acceptors (Lipinski definition) is 5. The zero-order chi connectivity index (χ0) is 13.7. The van der Waals surface area contributed by atoms with E-state index in [9.17, 15) is 14.7 Å². The molecule has 2 rings (SSSR count). The molecule has 3 N–H and O–H groups in total. The van der Waals surface area contributed by atoms with Gasteiger partial charge in [-0.05, 0) is 19.3 Å². The van der Waals surface area contributed by atoms with Gasteiger partial charge < -0.3 is 14.9 Å². The van der Waals surface area contributed by atoms with Crippen molar-refractivity contribution in [1.82, 2.24) is 10.5 Å². The summed E-state index contributed by atoms with van der Waals surface area (Å²) < 4.78 is 4.52. The van der Waals surface area contributed by atoms with Crippen LogP contribution in [0.2, 0.25) is 0 Å². The van der Waals surface area contributed by atoms with Gasteiger partial charge >= 0.3 is 11.8 Å². The number of aliphatic hydroxyl groups is 1. The lowest BCUT2D eigenvalue weighted by Crippen LogP contribution is -2.45. The molecule has 19 heavy (non-hydrogen) atoms. The third kappa shape index (κ3) is 3.65. The van der Waals surface area contributed by atoms with Gasteiger partial charge in [0.15, 0.2) is 5.82 Å². The molecule has 1 aliphatic carbocycles. The first-order valence-corrected chi connectivity index (χ1v) is 5.99. The number of carbonyl (C=O) groups excluding carboxylic acids is 2. The Morgan fingerprint density at radius 3 is 2.95 bits per heavy atom. The minimum absolute atomic E-state index is 0.00850. The second kappa shape index (κ2) is 5.66. The molecular formula is C12H15N3O4. The van der Waals surface area contributed by atoms with Gasteiger partial charge in [0.25, 0.3) is 0 Å². The van der Waals surface area contributed by atoms with Gasteiger partial charge in [0.2, 0.25) is 0 Å². The molecule has 102 valence electrons. The predicted molar refractivity (Wildman–Crippen MR) is 66.1 cm³/mol. The van der Waals surface area contributed by atoms with Gasteiger partial charge in [-0.2, -0.15) is 0 Å². The van der Waals surface area contributed by atoms with Gasteiger partial charge in [0.1, 0.15) is 11.9 Å². The van der Waals surface area contributed by atoms with Gasteiger partial charge in [-0.3, -0.25) is 14.9 Å². The number of hydrogen-bond donors (Lipinski definition) is 3. The highest BCUT2D eigenvalue weighted by molar-refractivity contribution is 6.39. The maximum Gasteiger partial charge on any atom is 0.314 e. The zero-order valence-corrected chi connectivity index (χ0v) is 10.3. The van der Waals surface area contributed by atoms with Crippen LogP contribution in [0.15, 0.2) is 29.0 Å². The van der Waals surface area contributed by atoms with Crippen molar-refractivity contribution in [2.45, 2.75) is 24.9 Å². The second-order valence-corrected chi connectivity index (χ2v) is 4.42. The number of nitrogens with zero attached hydrogens (tertiary/aromatic N) is 1. The number of carbonyl (C=O) groups is 2. The largest absolute Gasteiger partial charge is 0.384 e. The highest BCUT2D eigenvalue weighted by atomic mass is 16.5. The molecule has 1 aromatic heterocycles. The summed E-state index contributed by atoms with van der Waals surface area (Å²) in [6.07, 6.45) is 7.14. The predicted octanol–water partition coefficient (Wildman–Crippen LogP) is 0.200. The van der Waals surface area contributed by atoms with Gasteiger partial charge in [0, 0.05) is 6.07 Å². The number of anilines is 1. The monoisotopic (exact) mass is 265 g/mol. The van der Waals surface area contributed by atoms with E-state index in [1.165, 1.54) is 12.3 Å². The van der Waals surface area contributed by atoms with Crippen molar-refractivity contribution in [3.05, 3.63) is 24.5 Å². The topological polar surface area (TPSA) is 104 Å². The van der Waals surface area contributed by atoms with E-state index in [-0.39, 0.29) is 12.4 Å². The number of aromatic nitrogens is 1. The fourth-order valence-corrected chi connectivity index (χ4v) is 1.82.